The molecule has 19 heavy (non-hydrogen) atoms. The average Bonchev–Trinajstić information content (AvgIpc) is 2.42. The Morgan fingerprint density at radius 1 is 1.21 bits per heavy atom. The number of nitrogens with zero attached hydrogens (tertiary/aromatic N) is 1. The molecule has 1 aromatic rings. The zero-order chi connectivity index (χ0) is 12.6. The summed E-state index contributed by atoms with van der Waals surface area (Å²) in [6.07, 6.45) is 9.65. The lowest BCUT2D eigenvalue weighted by Crippen LogP contribution is -2.40. The molecule has 106 valence electrons. The number of hydrogen-bond donors (Lipinski definition) is 1. The molecule has 0 aliphatic carbocycles. The van der Waals surface area contributed by atoms with Crippen LogP contribution in [0.3, 0.4) is 0 Å². The van der Waals surface area contributed by atoms with Crippen LogP contribution in [0.25, 0.3) is 6.08 Å². The maximum absolute atomic E-state index is 5.70. The van der Waals surface area contributed by atoms with Crippen molar-refractivity contribution in [3.63, 3.8) is 0 Å². The van der Waals surface area contributed by atoms with Gasteiger partial charge in [0.2, 0.25) is 0 Å². The molecule has 0 spiro atoms. The van der Waals surface area contributed by atoms with Crippen LogP contribution in [0.1, 0.15) is 31.2 Å². The topological polar surface area (TPSA) is 29.3 Å². The maximum atomic E-state index is 5.70. The highest BCUT2D eigenvalue weighted by Crippen LogP contribution is 2.19. The van der Waals surface area contributed by atoms with Gasteiger partial charge in [0.05, 0.1) is 0 Å². The first-order valence-corrected chi connectivity index (χ1v) is 7.06. The normalized spacial score (nSPS) is 20.4. The Hall–Kier alpha value is -0.830. The van der Waals surface area contributed by atoms with Crippen molar-refractivity contribution >= 4 is 18.5 Å². The minimum atomic E-state index is 0. The number of halogens is 1. The van der Waals surface area contributed by atoms with Gasteiger partial charge in [-0.3, -0.25) is 4.90 Å². The summed E-state index contributed by atoms with van der Waals surface area (Å²) >= 11 is 0. The number of benzene rings is 1. The highest BCUT2D eigenvalue weighted by Gasteiger charge is 2.19. The molecule has 2 nitrogen and oxygen atoms in total. The molecule has 1 aliphatic heterocycles. The molecule has 0 aromatic heterocycles. The van der Waals surface area contributed by atoms with E-state index in [0.29, 0.717) is 6.04 Å². The average molecular weight is 281 g/mol. The van der Waals surface area contributed by atoms with Gasteiger partial charge in [0.15, 0.2) is 0 Å². The fourth-order valence-electron chi connectivity index (χ4n) is 2.71. The third-order valence-electron chi connectivity index (χ3n) is 3.70. The fraction of sp³-hybridized carbons (Fsp3) is 0.500. The summed E-state index contributed by atoms with van der Waals surface area (Å²) in [4.78, 5) is 2.58. The molecule has 1 heterocycles. The molecule has 1 aliphatic rings. The number of hydrogen-bond acceptors (Lipinski definition) is 2. The van der Waals surface area contributed by atoms with Crippen LogP contribution in [0.2, 0.25) is 0 Å². The first-order valence-electron chi connectivity index (χ1n) is 7.06. The first kappa shape index (κ1) is 16.2. The molecule has 2 rings (SSSR count). The Labute approximate surface area is 123 Å². The van der Waals surface area contributed by atoms with Gasteiger partial charge in [0.25, 0.3) is 0 Å². The van der Waals surface area contributed by atoms with Crippen molar-refractivity contribution in [2.24, 2.45) is 5.73 Å². The van der Waals surface area contributed by atoms with Crippen LogP contribution in [0.5, 0.6) is 0 Å². The summed E-state index contributed by atoms with van der Waals surface area (Å²) in [7, 11) is 0. The monoisotopic (exact) mass is 280 g/mol. The van der Waals surface area contributed by atoms with Crippen molar-refractivity contribution < 1.29 is 0 Å². The minimum Gasteiger partial charge on any atom is -0.330 e. The second kappa shape index (κ2) is 9.13. The van der Waals surface area contributed by atoms with Crippen molar-refractivity contribution in [1.82, 2.24) is 4.90 Å². The summed E-state index contributed by atoms with van der Waals surface area (Å²) in [5, 5.41) is 0. The molecule has 1 fully saturated rings. The van der Waals surface area contributed by atoms with Gasteiger partial charge in [-0.2, -0.15) is 0 Å². The van der Waals surface area contributed by atoms with E-state index in [0.717, 1.165) is 19.5 Å². The number of nitrogens with two attached hydrogens (primary N) is 1. The second-order valence-corrected chi connectivity index (χ2v) is 5.03. The van der Waals surface area contributed by atoms with Gasteiger partial charge < -0.3 is 5.73 Å². The summed E-state index contributed by atoms with van der Waals surface area (Å²) in [6, 6.07) is 11.2. The molecule has 1 aromatic carbocycles. The SMILES string of the molecule is Cl.NCCC1CCCCN1C/C=C/c1ccccc1. The van der Waals surface area contributed by atoms with Crippen LogP contribution in [0.15, 0.2) is 36.4 Å². The van der Waals surface area contributed by atoms with Crippen LogP contribution in [-0.2, 0) is 0 Å². The highest BCUT2D eigenvalue weighted by molar-refractivity contribution is 5.85. The van der Waals surface area contributed by atoms with Crippen LogP contribution in [0.4, 0.5) is 0 Å². The van der Waals surface area contributed by atoms with Gasteiger partial charge in [-0.25, -0.2) is 0 Å². The Morgan fingerprint density at radius 2 is 2.00 bits per heavy atom. The smallest absolute Gasteiger partial charge is 0.0169 e. The van der Waals surface area contributed by atoms with Gasteiger partial charge >= 0.3 is 0 Å². The van der Waals surface area contributed by atoms with Crippen molar-refractivity contribution in [3.05, 3.63) is 42.0 Å². The molecule has 1 unspecified atom stereocenters. The molecule has 0 bridgehead atoms. The van der Waals surface area contributed by atoms with Crippen molar-refractivity contribution in [2.75, 3.05) is 19.6 Å². The Kier molecular flexibility index (Phi) is 7.80. The van der Waals surface area contributed by atoms with Crippen molar-refractivity contribution in [1.29, 1.82) is 0 Å². The lowest BCUT2D eigenvalue weighted by atomic mass is 9.99. The third-order valence-corrected chi connectivity index (χ3v) is 3.70. The minimum absolute atomic E-state index is 0. The lowest BCUT2D eigenvalue weighted by Gasteiger charge is -2.34. The quantitative estimate of drug-likeness (QED) is 0.896. The molecule has 2 N–H and O–H groups in total. The Morgan fingerprint density at radius 3 is 2.74 bits per heavy atom. The first-order chi connectivity index (χ1) is 8.90. The van der Waals surface area contributed by atoms with E-state index in [-0.39, 0.29) is 12.4 Å². The van der Waals surface area contributed by atoms with E-state index in [1.54, 1.807) is 0 Å². The molecular formula is C16H25ClN2. The van der Waals surface area contributed by atoms with Crippen LogP contribution in [-0.4, -0.2) is 30.6 Å². The van der Waals surface area contributed by atoms with E-state index >= 15 is 0 Å². The molecule has 3 heteroatoms. The highest BCUT2D eigenvalue weighted by atomic mass is 35.5. The molecular weight excluding hydrogens is 256 g/mol. The number of rotatable bonds is 5. The van der Waals surface area contributed by atoms with Crippen LogP contribution in [0, 0.1) is 0 Å². The van der Waals surface area contributed by atoms with Gasteiger partial charge in [-0.05, 0) is 37.9 Å². The van der Waals surface area contributed by atoms with Crippen molar-refractivity contribution in [2.45, 2.75) is 31.7 Å². The largest absolute Gasteiger partial charge is 0.330 e. The van der Waals surface area contributed by atoms with Crippen molar-refractivity contribution in [3.8, 4) is 0 Å². The van der Waals surface area contributed by atoms with E-state index in [1.807, 2.05) is 0 Å². The predicted octanol–water partition coefficient (Wildman–Crippen LogP) is 3.32. The third kappa shape index (κ3) is 5.35. The Balaban J connectivity index is 0.00000180. The van der Waals surface area contributed by atoms with E-state index in [9.17, 15) is 0 Å². The fourth-order valence-corrected chi connectivity index (χ4v) is 2.71. The van der Waals surface area contributed by atoms with Gasteiger partial charge in [0.1, 0.15) is 0 Å². The zero-order valence-corrected chi connectivity index (χ0v) is 12.3. The van der Waals surface area contributed by atoms with Gasteiger partial charge in [-0.15, -0.1) is 12.4 Å². The van der Waals surface area contributed by atoms with E-state index in [2.05, 4.69) is 47.4 Å². The summed E-state index contributed by atoms with van der Waals surface area (Å²) in [5.41, 5.74) is 6.98. The zero-order valence-electron chi connectivity index (χ0n) is 11.5. The van der Waals surface area contributed by atoms with E-state index in [1.165, 1.54) is 31.4 Å². The molecule has 0 amide bonds. The molecule has 0 saturated carbocycles. The number of likely N-dealkylation sites (tertiary alicyclic amines) is 1. The number of piperidine rings is 1. The molecule has 1 atom stereocenters. The van der Waals surface area contributed by atoms with E-state index < -0.39 is 0 Å². The van der Waals surface area contributed by atoms with E-state index in [4.69, 9.17) is 5.73 Å². The van der Waals surface area contributed by atoms with Crippen LogP contribution >= 0.6 is 12.4 Å². The Bertz CT molecular complexity index is 362. The maximum Gasteiger partial charge on any atom is 0.0169 e. The van der Waals surface area contributed by atoms with Gasteiger partial charge in [0, 0.05) is 12.6 Å². The summed E-state index contributed by atoms with van der Waals surface area (Å²) in [5.74, 6) is 0. The molecule has 0 radical (unpaired) electrons. The molecule has 1 saturated heterocycles. The second-order valence-electron chi connectivity index (χ2n) is 5.03. The van der Waals surface area contributed by atoms with Gasteiger partial charge in [-0.1, -0.05) is 48.9 Å². The van der Waals surface area contributed by atoms with Crippen LogP contribution < -0.4 is 5.73 Å². The summed E-state index contributed by atoms with van der Waals surface area (Å²) in [6.45, 7) is 3.09. The lowest BCUT2D eigenvalue weighted by molar-refractivity contribution is 0.158. The standard InChI is InChI=1S/C16H24N2.ClH/c17-12-11-16-10-4-5-13-18(16)14-6-9-15-7-2-1-3-8-15;/h1-3,6-9,16H,4-5,10-14,17H2;1H/b9-6+;. The summed E-state index contributed by atoms with van der Waals surface area (Å²) < 4.78 is 0. The predicted molar refractivity (Wildman–Crippen MR) is 85.6 cm³/mol.